The lowest BCUT2D eigenvalue weighted by Crippen LogP contribution is -2.39. The van der Waals surface area contributed by atoms with Crippen LogP contribution in [0.5, 0.6) is 0 Å². The van der Waals surface area contributed by atoms with Gasteiger partial charge in [0, 0.05) is 13.1 Å². The summed E-state index contributed by atoms with van der Waals surface area (Å²) in [4.78, 5) is 7.32. The Bertz CT molecular complexity index is 654. The van der Waals surface area contributed by atoms with Crippen molar-refractivity contribution in [1.82, 2.24) is 15.5 Å². The molecule has 1 unspecified atom stereocenters. The van der Waals surface area contributed by atoms with Crippen molar-refractivity contribution in [2.45, 2.75) is 32.2 Å². The molecule has 0 radical (unpaired) electrons. The van der Waals surface area contributed by atoms with Gasteiger partial charge in [-0.15, -0.1) is 24.0 Å². The van der Waals surface area contributed by atoms with E-state index in [0.717, 1.165) is 44.3 Å². The summed E-state index contributed by atoms with van der Waals surface area (Å²) in [5, 5.41) is 6.80. The van der Waals surface area contributed by atoms with Gasteiger partial charge in [0.15, 0.2) is 5.96 Å². The van der Waals surface area contributed by atoms with Gasteiger partial charge in [-0.3, -0.25) is 9.89 Å². The first-order valence-electron chi connectivity index (χ1n) is 9.70. The summed E-state index contributed by atoms with van der Waals surface area (Å²) >= 11 is 0. The molecule has 148 valence electrons. The number of rotatable bonds is 8. The van der Waals surface area contributed by atoms with Gasteiger partial charge in [-0.2, -0.15) is 0 Å². The molecule has 5 nitrogen and oxygen atoms in total. The third-order valence-corrected chi connectivity index (χ3v) is 4.77. The zero-order valence-corrected chi connectivity index (χ0v) is 18.4. The first-order chi connectivity index (χ1) is 12.9. The SMILES string of the molecule is CCNC(=NCC(c1ccco1)N1CCCC1)NCCc1ccccc1.I. The van der Waals surface area contributed by atoms with E-state index in [1.165, 1.54) is 18.4 Å². The molecule has 27 heavy (non-hydrogen) atoms. The highest BCUT2D eigenvalue weighted by molar-refractivity contribution is 14.0. The molecule has 1 aromatic heterocycles. The average Bonchev–Trinajstić information content (AvgIpc) is 3.37. The second kappa shape index (κ2) is 12.0. The van der Waals surface area contributed by atoms with Crippen LogP contribution in [0, 0.1) is 0 Å². The molecule has 1 aliphatic heterocycles. The highest BCUT2D eigenvalue weighted by Gasteiger charge is 2.25. The van der Waals surface area contributed by atoms with Crippen molar-refractivity contribution in [3.05, 3.63) is 60.1 Å². The van der Waals surface area contributed by atoms with Crippen LogP contribution < -0.4 is 10.6 Å². The summed E-state index contributed by atoms with van der Waals surface area (Å²) < 4.78 is 5.69. The van der Waals surface area contributed by atoms with E-state index in [1.807, 2.05) is 6.07 Å². The Hall–Kier alpha value is -1.54. The lowest BCUT2D eigenvalue weighted by Gasteiger charge is -2.24. The summed E-state index contributed by atoms with van der Waals surface area (Å²) in [6.07, 6.45) is 5.26. The highest BCUT2D eigenvalue weighted by atomic mass is 127. The molecule has 2 N–H and O–H groups in total. The highest BCUT2D eigenvalue weighted by Crippen LogP contribution is 2.25. The third kappa shape index (κ3) is 6.84. The van der Waals surface area contributed by atoms with Crippen molar-refractivity contribution in [2.24, 2.45) is 4.99 Å². The lowest BCUT2D eigenvalue weighted by atomic mass is 10.1. The van der Waals surface area contributed by atoms with Gasteiger partial charge in [0.2, 0.25) is 0 Å². The third-order valence-electron chi connectivity index (χ3n) is 4.77. The fourth-order valence-electron chi connectivity index (χ4n) is 3.41. The van der Waals surface area contributed by atoms with Crippen LogP contribution in [-0.4, -0.2) is 43.6 Å². The first-order valence-corrected chi connectivity index (χ1v) is 9.70. The maximum atomic E-state index is 5.69. The molecular weight excluding hydrogens is 451 g/mol. The predicted octanol–water partition coefficient (Wildman–Crippen LogP) is 3.83. The van der Waals surface area contributed by atoms with Gasteiger partial charge in [-0.25, -0.2) is 0 Å². The number of nitrogens with zero attached hydrogens (tertiary/aromatic N) is 2. The first kappa shape index (κ1) is 21.8. The van der Waals surface area contributed by atoms with Gasteiger partial charge >= 0.3 is 0 Å². The molecule has 0 saturated carbocycles. The summed E-state index contributed by atoms with van der Waals surface area (Å²) in [7, 11) is 0. The Morgan fingerprint density at radius 3 is 2.56 bits per heavy atom. The Kier molecular flexibility index (Phi) is 9.69. The molecule has 1 atom stereocenters. The van der Waals surface area contributed by atoms with E-state index in [-0.39, 0.29) is 30.0 Å². The van der Waals surface area contributed by atoms with Crippen LogP contribution in [0.25, 0.3) is 0 Å². The van der Waals surface area contributed by atoms with E-state index in [1.54, 1.807) is 6.26 Å². The van der Waals surface area contributed by atoms with E-state index >= 15 is 0 Å². The van der Waals surface area contributed by atoms with E-state index < -0.39 is 0 Å². The largest absolute Gasteiger partial charge is 0.468 e. The second-order valence-corrected chi connectivity index (χ2v) is 6.66. The number of hydrogen-bond donors (Lipinski definition) is 2. The fourth-order valence-corrected chi connectivity index (χ4v) is 3.41. The number of likely N-dealkylation sites (tertiary alicyclic amines) is 1. The minimum atomic E-state index is 0. The van der Waals surface area contributed by atoms with Gasteiger partial charge in [0.1, 0.15) is 5.76 Å². The minimum absolute atomic E-state index is 0. The number of halogens is 1. The van der Waals surface area contributed by atoms with Gasteiger partial charge in [0.25, 0.3) is 0 Å². The lowest BCUT2D eigenvalue weighted by molar-refractivity contribution is 0.221. The Morgan fingerprint density at radius 1 is 1.11 bits per heavy atom. The Balaban J connectivity index is 0.00000261. The van der Waals surface area contributed by atoms with Crippen LogP contribution in [0.1, 0.15) is 37.1 Å². The maximum absolute atomic E-state index is 5.69. The minimum Gasteiger partial charge on any atom is -0.468 e. The molecule has 3 rings (SSSR count). The summed E-state index contributed by atoms with van der Waals surface area (Å²) in [6, 6.07) is 14.8. The average molecular weight is 482 g/mol. The van der Waals surface area contributed by atoms with Gasteiger partial charge in [-0.05, 0) is 57.0 Å². The molecule has 1 fully saturated rings. The number of nitrogens with one attached hydrogen (secondary N) is 2. The number of hydrogen-bond acceptors (Lipinski definition) is 3. The van der Waals surface area contributed by atoms with Crippen LogP contribution in [0.3, 0.4) is 0 Å². The number of guanidine groups is 1. The fraction of sp³-hybridized carbons (Fsp3) is 0.476. The number of aliphatic imine (C=N–C) groups is 1. The van der Waals surface area contributed by atoms with Crippen LogP contribution in [0.4, 0.5) is 0 Å². The Morgan fingerprint density at radius 2 is 1.89 bits per heavy atom. The van der Waals surface area contributed by atoms with Crippen molar-refractivity contribution >= 4 is 29.9 Å². The molecule has 6 heteroatoms. The molecule has 2 heterocycles. The van der Waals surface area contributed by atoms with Crippen LogP contribution in [0.15, 0.2) is 58.1 Å². The number of furan rings is 1. The topological polar surface area (TPSA) is 52.8 Å². The van der Waals surface area contributed by atoms with Gasteiger partial charge < -0.3 is 15.1 Å². The molecule has 0 spiro atoms. The monoisotopic (exact) mass is 482 g/mol. The summed E-state index contributed by atoms with van der Waals surface area (Å²) in [5.41, 5.74) is 1.33. The zero-order chi connectivity index (χ0) is 18.0. The van der Waals surface area contributed by atoms with E-state index in [4.69, 9.17) is 9.41 Å². The molecule has 0 aliphatic carbocycles. The second-order valence-electron chi connectivity index (χ2n) is 6.66. The van der Waals surface area contributed by atoms with E-state index in [2.05, 4.69) is 58.9 Å². The van der Waals surface area contributed by atoms with Crippen molar-refractivity contribution in [1.29, 1.82) is 0 Å². The molecular formula is C21H31IN4O. The molecule has 2 aromatic rings. The van der Waals surface area contributed by atoms with Gasteiger partial charge in [-0.1, -0.05) is 30.3 Å². The van der Waals surface area contributed by atoms with Crippen molar-refractivity contribution in [2.75, 3.05) is 32.7 Å². The molecule has 0 amide bonds. The molecule has 1 aromatic carbocycles. The smallest absolute Gasteiger partial charge is 0.191 e. The number of benzene rings is 1. The summed E-state index contributed by atoms with van der Waals surface area (Å²) in [5.74, 6) is 1.88. The predicted molar refractivity (Wildman–Crippen MR) is 122 cm³/mol. The van der Waals surface area contributed by atoms with Crippen molar-refractivity contribution < 1.29 is 4.42 Å². The van der Waals surface area contributed by atoms with Crippen LogP contribution >= 0.6 is 24.0 Å². The standard InChI is InChI=1S/C21H30N4O.HI/c1-2-22-21(23-13-12-18-9-4-3-5-10-18)24-17-19(20-11-8-16-26-20)25-14-6-7-15-25;/h3-5,8-11,16,19H,2,6-7,12-15,17H2,1H3,(H2,22,23,24);1H. The molecule has 1 aliphatic rings. The quantitative estimate of drug-likeness (QED) is 0.341. The van der Waals surface area contributed by atoms with Crippen molar-refractivity contribution in [3.8, 4) is 0 Å². The maximum Gasteiger partial charge on any atom is 0.191 e. The van der Waals surface area contributed by atoms with Crippen LogP contribution in [-0.2, 0) is 6.42 Å². The van der Waals surface area contributed by atoms with Gasteiger partial charge in [0.05, 0.1) is 18.8 Å². The normalized spacial score (nSPS) is 16.0. The van der Waals surface area contributed by atoms with E-state index in [0.29, 0.717) is 6.54 Å². The van der Waals surface area contributed by atoms with Crippen molar-refractivity contribution in [3.63, 3.8) is 0 Å². The zero-order valence-electron chi connectivity index (χ0n) is 16.1. The Labute approximate surface area is 179 Å². The van der Waals surface area contributed by atoms with Crippen LogP contribution in [0.2, 0.25) is 0 Å². The molecule has 0 bridgehead atoms. The summed E-state index contributed by atoms with van der Waals surface area (Å²) in [6.45, 7) is 6.77. The molecule has 1 saturated heterocycles. The van der Waals surface area contributed by atoms with E-state index in [9.17, 15) is 0 Å².